The highest BCUT2D eigenvalue weighted by Gasteiger charge is 2.23. The molecule has 1 aromatic rings. The summed E-state index contributed by atoms with van der Waals surface area (Å²) >= 11 is 7.15. The maximum Gasteiger partial charge on any atom is 0.147 e. The minimum Gasteiger partial charge on any atom is -0.489 e. The molecule has 2 rings (SSSR count). The first-order valence-corrected chi connectivity index (χ1v) is 8.56. The van der Waals surface area contributed by atoms with E-state index in [9.17, 15) is 0 Å². The van der Waals surface area contributed by atoms with Crippen LogP contribution in [-0.2, 0) is 11.2 Å². The topological polar surface area (TPSA) is 44.5 Å². The van der Waals surface area contributed by atoms with E-state index >= 15 is 0 Å². The Morgan fingerprint density at radius 1 is 1.35 bits per heavy atom. The minimum atomic E-state index is 0.147. The van der Waals surface area contributed by atoms with E-state index in [1.54, 1.807) is 0 Å². The Labute approximate surface area is 137 Å². The Morgan fingerprint density at radius 2 is 2.00 bits per heavy atom. The third-order valence-corrected chi connectivity index (χ3v) is 4.53. The lowest BCUT2D eigenvalue weighted by Gasteiger charge is -2.16. The van der Waals surface area contributed by atoms with E-state index in [0.29, 0.717) is 12.7 Å². The maximum atomic E-state index is 5.91. The molecule has 3 atom stereocenters. The maximum absolute atomic E-state index is 5.91. The van der Waals surface area contributed by atoms with Crippen molar-refractivity contribution in [1.82, 2.24) is 0 Å². The molecular formula is C15H21Br2NO2. The third kappa shape index (κ3) is 4.45. The van der Waals surface area contributed by atoms with Crippen molar-refractivity contribution in [2.24, 2.45) is 5.73 Å². The Morgan fingerprint density at radius 3 is 2.50 bits per heavy atom. The van der Waals surface area contributed by atoms with Gasteiger partial charge in [-0.1, -0.05) is 0 Å². The molecule has 3 unspecified atom stereocenters. The molecule has 1 aliphatic rings. The molecule has 0 radical (unpaired) electrons. The van der Waals surface area contributed by atoms with Gasteiger partial charge in [-0.15, -0.1) is 0 Å². The quantitative estimate of drug-likeness (QED) is 0.802. The Bertz CT molecular complexity index is 442. The van der Waals surface area contributed by atoms with Crippen molar-refractivity contribution < 1.29 is 9.47 Å². The second-order valence-corrected chi connectivity index (χ2v) is 7.24. The van der Waals surface area contributed by atoms with Gasteiger partial charge in [0.2, 0.25) is 0 Å². The lowest BCUT2D eigenvalue weighted by Crippen LogP contribution is -2.19. The molecule has 1 heterocycles. The van der Waals surface area contributed by atoms with Gasteiger partial charge in [0, 0.05) is 6.04 Å². The molecule has 0 aromatic heterocycles. The second-order valence-electron chi connectivity index (χ2n) is 5.53. The van der Waals surface area contributed by atoms with Gasteiger partial charge in [0.05, 0.1) is 21.2 Å². The standard InChI is InChI=1S/C15H21Br2NO2/c1-9(18)5-11-6-13(16)15(14(17)7-11)19-8-12-4-3-10(2)20-12/h6-7,9-10,12H,3-5,8,18H2,1-2H3. The zero-order valence-electron chi connectivity index (χ0n) is 11.9. The zero-order valence-corrected chi connectivity index (χ0v) is 15.0. The molecule has 5 heteroatoms. The van der Waals surface area contributed by atoms with Gasteiger partial charge in [-0.2, -0.15) is 0 Å². The van der Waals surface area contributed by atoms with E-state index in [1.807, 2.05) is 6.92 Å². The van der Waals surface area contributed by atoms with E-state index in [2.05, 4.69) is 50.9 Å². The van der Waals surface area contributed by atoms with Gasteiger partial charge in [-0.3, -0.25) is 0 Å². The Kier molecular flexibility index (Phi) is 5.90. The first kappa shape index (κ1) is 16.3. The molecule has 0 spiro atoms. The van der Waals surface area contributed by atoms with Crippen molar-refractivity contribution in [1.29, 1.82) is 0 Å². The van der Waals surface area contributed by atoms with Gasteiger partial charge < -0.3 is 15.2 Å². The van der Waals surface area contributed by atoms with Gasteiger partial charge >= 0.3 is 0 Å². The summed E-state index contributed by atoms with van der Waals surface area (Å²) < 4.78 is 13.6. The summed E-state index contributed by atoms with van der Waals surface area (Å²) in [5.41, 5.74) is 7.03. The van der Waals surface area contributed by atoms with Crippen molar-refractivity contribution in [2.45, 2.75) is 51.4 Å². The first-order chi connectivity index (χ1) is 9.45. The fraction of sp³-hybridized carbons (Fsp3) is 0.600. The van der Waals surface area contributed by atoms with Crippen LogP contribution in [0.5, 0.6) is 5.75 Å². The van der Waals surface area contributed by atoms with Gasteiger partial charge in [-0.25, -0.2) is 0 Å². The van der Waals surface area contributed by atoms with Crippen LogP contribution in [0.15, 0.2) is 21.1 Å². The SMILES string of the molecule is CC(N)Cc1cc(Br)c(OCC2CCC(C)O2)c(Br)c1. The second kappa shape index (κ2) is 7.25. The predicted molar refractivity (Wildman–Crippen MR) is 88.3 cm³/mol. The fourth-order valence-corrected chi connectivity index (χ4v) is 3.93. The van der Waals surface area contributed by atoms with Crippen LogP contribution in [0.1, 0.15) is 32.3 Å². The predicted octanol–water partition coefficient (Wildman–Crippen LogP) is 4.05. The molecule has 0 aliphatic carbocycles. The first-order valence-electron chi connectivity index (χ1n) is 6.97. The highest BCUT2D eigenvalue weighted by molar-refractivity contribution is 9.11. The van der Waals surface area contributed by atoms with E-state index in [-0.39, 0.29) is 12.1 Å². The van der Waals surface area contributed by atoms with Crippen LogP contribution in [-0.4, -0.2) is 24.9 Å². The Balaban J connectivity index is 2.00. The molecule has 112 valence electrons. The molecule has 1 saturated heterocycles. The number of ether oxygens (including phenoxy) is 2. The molecule has 0 amide bonds. The number of rotatable bonds is 5. The molecule has 0 saturated carbocycles. The van der Waals surface area contributed by atoms with Crippen LogP contribution in [0.2, 0.25) is 0 Å². The van der Waals surface area contributed by atoms with Crippen LogP contribution in [0.3, 0.4) is 0 Å². The lowest BCUT2D eigenvalue weighted by atomic mass is 10.1. The Hall–Kier alpha value is -0.100. The molecule has 20 heavy (non-hydrogen) atoms. The number of hydrogen-bond donors (Lipinski definition) is 1. The largest absolute Gasteiger partial charge is 0.489 e. The molecule has 1 aliphatic heterocycles. The van der Waals surface area contributed by atoms with E-state index < -0.39 is 0 Å². The molecule has 1 fully saturated rings. The summed E-state index contributed by atoms with van der Waals surface area (Å²) in [6.45, 7) is 4.70. The smallest absolute Gasteiger partial charge is 0.147 e. The monoisotopic (exact) mass is 405 g/mol. The summed E-state index contributed by atoms with van der Waals surface area (Å²) in [7, 11) is 0. The summed E-state index contributed by atoms with van der Waals surface area (Å²) in [5, 5.41) is 0. The van der Waals surface area contributed by atoms with Crippen molar-refractivity contribution in [3.05, 3.63) is 26.6 Å². The van der Waals surface area contributed by atoms with Crippen LogP contribution in [0, 0.1) is 0 Å². The third-order valence-electron chi connectivity index (χ3n) is 3.35. The average Bonchev–Trinajstić information content (AvgIpc) is 2.73. The number of benzene rings is 1. The van der Waals surface area contributed by atoms with Gasteiger partial charge in [0.25, 0.3) is 0 Å². The van der Waals surface area contributed by atoms with Crippen LogP contribution in [0.4, 0.5) is 0 Å². The van der Waals surface area contributed by atoms with Crippen molar-refractivity contribution in [3.8, 4) is 5.75 Å². The van der Waals surface area contributed by atoms with E-state index in [1.165, 1.54) is 5.56 Å². The molecule has 1 aromatic carbocycles. The minimum absolute atomic E-state index is 0.147. The normalized spacial score (nSPS) is 23.9. The number of halogens is 2. The summed E-state index contributed by atoms with van der Waals surface area (Å²) in [6.07, 6.45) is 3.58. The zero-order chi connectivity index (χ0) is 14.7. The highest BCUT2D eigenvalue weighted by Crippen LogP contribution is 2.35. The van der Waals surface area contributed by atoms with Gasteiger partial charge in [-0.05, 0) is 82.7 Å². The molecule has 0 bridgehead atoms. The number of hydrogen-bond acceptors (Lipinski definition) is 3. The van der Waals surface area contributed by atoms with Gasteiger partial charge in [0.1, 0.15) is 12.4 Å². The van der Waals surface area contributed by atoms with Crippen molar-refractivity contribution >= 4 is 31.9 Å². The summed E-state index contributed by atoms with van der Waals surface area (Å²) in [4.78, 5) is 0. The lowest BCUT2D eigenvalue weighted by molar-refractivity contribution is 0.0261. The highest BCUT2D eigenvalue weighted by atomic mass is 79.9. The van der Waals surface area contributed by atoms with Crippen LogP contribution >= 0.6 is 31.9 Å². The van der Waals surface area contributed by atoms with Crippen molar-refractivity contribution in [2.75, 3.05) is 6.61 Å². The van der Waals surface area contributed by atoms with Crippen LogP contribution in [0.25, 0.3) is 0 Å². The van der Waals surface area contributed by atoms with Gasteiger partial charge in [0.15, 0.2) is 0 Å². The number of nitrogens with two attached hydrogens (primary N) is 1. The van der Waals surface area contributed by atoms with Crippen molar-refractivity contribution in [3.63, 3.8) is 0 Å². The molecular weight excluding hydrogens is 386 g/mol. The molecule has 2 N–H and O–H groups in total. The fourth-order valence-electron chi connectivity index (χ4n) is 2.42. The van der Waals surface area contributed by atoms with E-state index in [0.717, 1.165) is 34.0 Å². The van der Waals surface area contributed by atoms with Crippen LogP contribution < -0.4 is 10.5 Å². The summed E-state index contributed by atoms with van der Waals surface area (Å²) in [6, 6.07) is 4.29. The summed E-state index contributed by atoms with van der Waals surface area (Å²) in [5.74, 6) is 0.835. The average molecular weight is 407 g/mol. The molecule has 3 nitrogen and oxygen atoms in total. The van der Waals surface area contributed by atoms with E-state index in [4.69, 9.17) is 15.2 Å².